The Hall–Kier alpha value is -2.51. The van der Waals surface area contributed by atoms with Crippen LogP contribution < -0.4 is 10.1 Å². The largest absolute Gasteiger partial charge is 0.478 e. The van der Waals surface area contributed by atoms with Crippen molar-refractivity contribution in [3.63, 3.8) is 0 Å². The normalized spacial score (nSPS) is 19.4. The van der Waals surface area contributed by atoms with Crippen LogP contribution >= 0.6 is 0 Å². The number of nitrogens with one attached hydrogen (secondary N) is 1. The molecule has 148 valence electrons. The zero-order chi connectivity index (χ0) is 19.4. The van der Waals surface area contributed by atoms with Crippen molar-refractivity contribution in [3.8, 4) is 5.88 Å². The maximum Gasteiger partial charge on any atom is 0.410 e. The molecule has 1 fully saturated rings. The number of nitrogens with zero attached hydrogens (tertiary/aromatic N) is 4. The lowest BCUT2D eigenvalue weighted by Crippen LogP contribution is -2.57. The molecule has 8 heteroatoms. The molecule has 0 saturated carbocycles. The van der Waals surface area contributed by atoms with E-state index in [0.29, 0.717) is 38.7 Å². The fourth-order valence-electron chi connectivity index (χ4n) is 3.22. The van der Waals surface area contributed by atoms with Gasteiger partial charge in [-0.25, -0.2) is 9.78 Å². The maximum absolute atomic E-state index is 12.3. The van der Waals surface area contributed by atoms with Crippen LogP contribution in [0.1, 0.15) is 33.3 Å². The first-order valence-electron chi connectivity index (χ1n) is 9.47. The molecule has 8 nitrogen and oxygen atoms in total. The van der Waals surface area contributed by atoms with Crippen LogP contribution in [0.15, 0.2) is 23.3 Å². The number of piperazine rings is 1. The molecule has 1 saturated heterocycles. The summed E-state index contributed by atoms with van der Waals surface area (Å²) in [6.45, 7) is 11.4. The summed E-state index contributed by atoms with van der Waals surface area (Å²) < 4.78 is 11.1. The van der Waals surface area contributed by atoms with E-state index in [1.807, 2.05) is 39.8 Å². The van der Waals surface area contributed by atoms with E-state index in [-0.39, 0.29) is 12.1 Å². The second kappa shape index (κ2) is 8.02. The number of rotatable bonds is 4. The van der Waals surface area contributed by atoms with Crippen LogP contribution in [0, 0.1) is 0 Å². The van der Waals surface area contributed by atoms with Crippen molar-refractivity contribution < 1.29 is 14.3 Å². The number of guanidine groups is 1. The molecule has 0 radical (unpaired) electrons. The van der Waals surface area contributed by atoms with Crippen molar-refractivity contribution in [1.82, 2.24) is 20.1 Å². The first kappa shape index (κ1) is 19.3. The average molecular weight is 375 g/mol. The van der Waals surface area contributed by atoms with Gasteiger partial charge in [-0.1, -0.05) is 6.07 Å². The summed E-state index contributed by atoms with van der Waals surface area (Å²) in [6, 6.07) is 4.09. The van der Waals surface area contributed by atoms with Crippen LogP contribution in [0.4, 0.5) is 4.79 Å². The Morgan fingerprint density at radius 3 is 2.93 bits per heavy atom. The van der Waals surface area contributed by atoms with Crippen LogP contribution in [0.2, 0.25) is 0 Å². The molecule has 0 aliphatic carbocycles. The molecule has 2 aliphatic heterocycles. The quantitative estimate of drug-likeness (QED) is 0.865. The van der Waals surface area contributed by atoms with E-state index in [1.165, 1.54) is 0 Å². The van der Waals surface area contributed by atoms with Gasteiger partial charge in [0, 0.05) is 37.9 Å². The first-order chi connectivity index (χ1) is 12.9. The van der Waals surface area contributed by atoms with E-state index in [4.69, 9.17) is 9.47 Å². The molecule has 1 atom stereocenters. The van der Waals surface area contributed by atoms with Crippen molar-refractivity contribution in [2.24, 2.45) is 4.99 Å². The fourth-order valence-corrected chi connectivity index (χ4v) is 3.22. The Bertz CT molecular complexity index is 701. The van der Waals surface area contributed by atoms with Gasteiger partial charge < -0.3 is 24.6 Å². The predicted molar refractivity (Wildman–Crippen MR) is 103 cm³/mol. The summed E-state index contributed by atoms with van der Waals surface area (Å²) in [6.07, 6.45) is 1.48. The van der Waals surface area contributed by atoms with Gasteiger partial charge in [0.1, 0.15) is 5.60 Å². The van der Waals surface area contributed by atoms with Crippen LogP contribution in [-0.2, 0) is 11.3 Å². The van der Waals surface area contributed by atoms with Gasteiger partial charge in [-0.2, -0.15) is 0 Å². The molecule has 1 unspecified atom stereocenters. The third-order valence-corrected chi connectivity index (χ3v) is 4.43. The van der Waals surface area contributed by atoms with Crippen LogP contribution in [-0.4, -0.2) is 71.3 Å². The number of fused-ring (bicyclic) bond motifs is 1. The third kappa shape index (κ3) is 4.81. The lowest BCUT2D eigenvalue weighted by Gasteiger charge is -2.39. The Balaban J connectivity index is 1.54. The molecule has 1 aromatic heterocycles. The SMILES string of the molecule is CCOc1ncccc1CNC1=NCC2CN(C(=O)OC(C)(C)C)CCN12. The minimum Gasteiger partial charge on any atom is -0.478 e. The second-order valence-electron chi connectivity index (χ2n) is 7.69. The smallest absolute Gasteiger partial charge is 0.410 e. The minimum atomic E-state index is -0.477. The number of aliphatic imine (C=N–C) groups is 1. The summed E-state index contributed by atoms with van der Waals surface area (Å²) in [5, 5.41) is 3.40. The van der Waals surface area contributed by atoms with Gasteiger partial charge >= 0.3 is 6.09 Å². The topological polar surface area (TPSA) is 79.3 Å². The molecular formula is C19H29N5O3. The van der Waals surface area contributed by atoms with Crippen molar-refractivity contribution in [3.05, 3.63) is 23.9 Å². The lowest BCUT2D eigenvalue weighted by atomic mass is 10.2. The number of aromatic nitrogens is 1. The van der Waals surface area contributed by atoms with E-state index >= 15 is 0 Å². The van der Waals surface area contributed by atoms with Gasteiger partial charge in [0.05, 0.1) is 19.2 Å². The van der Waals surface area contributed by atoms with Gasteiger partial charge in [-0.15, -0.1) is 0 Å². The molecule has 1 N–H and O–H groups in total. The van der Waals surface area contributed by atoms with Crippen LogP contribution in [0.25, 0.3) is 0 Å². The molecule has 1 aromatic rings. The highest BCUT2D eigenvalue weighted by Gasteiger charge is 2.36. The number of carbonyl (C=O) groups excluding carboxylic acids is 1. The number of hydrogen-bond donors (Lipinski definition) is 1. The van der Waals surface area contributed by atoms with E-state index in [0.717, 1.165) is 18.1 Å². The van der Waals surface area contributed by atoms with E-state index in [2.05, 4.69) is 20.2 Å². The molecule has 0 spiro atoms. The van der Waals surface area contributed by atoms with Gasteiger partial charge in [0.25, 0.3) is 0 Å². The summed E-state index contributed by atoms with van der Waals surface area (Å²) in [5.74, 6) is 1.52. The van der Waals surface area contributed by atoms with E-state index in [9.17, 15) is 4.79 Å². The summed E-state index contributed by atoms with van der Waals surface area (Å²) in [7, 11) is 0. The Kier molecular flexibility index (Phi) is 5.72. The summed E-state index contributed by atoms with van der Waals surface area (Å²) in [4.78, 5) is 25.2. The third-order valence-electron chi connectivity index (χ3n) is 4.43. The van der Waals surface area contributed by atoms with Gasteiger partial charge in [0.15, 0.2) is 5.96 Å². The first-order valence-corrected chi connectivity index (χ1v) is 9.47. The predicted octanol–water partition coefficient (Wildman–Crippen LogP) is 1.86. The highest BCUT2D eigenvalue weighted by Crippen LogP contribution is 2.19. The Labute approximate surface area is 160 Å². The average Bonchev–Trinajstić information content (AvgIpc) is 3.02. The zero-order valence-corrected chi connectivity index (χ0v) is 16.6. The molecule has 27 heavy (non-hydrogen) atoms. The minimum absolute atomic E-state index is 0.189. The van der Waals surface area contributed by atoms with Crippen molar-refractivity contribution in [1.29, 1.82) is 0 Å². The van der Waals surface area contributed by atoms with Gasteiger partial charge in [-0.05, 0) is 33.8 Å². The summed E-state index contributed by atoms with van der Waals surface area (Å²) in [5.41, 5.74) is 0.521. The Morgan fingerprint density at radius 2 is 2.19 bits per heavy atom. The van der Waals surface area contributed by atoms with Gasteiger partial charge in [0.2, 0.25) is 5.88 Å². The number of pyridine rings is 1. The monoisotopic (exact) mass is 375 g/mol. The highest BCUT2D eigenvalue weighted by molar-refractivity contribution is 5.82. The number of hydrogen-bond acceptors (Lipinski definition) is 7. The van der Waals surface area contributed by atoms with Crippen molar-refractivity contribution in [2.45, 2.75) is 45.9 Å². The zero-order valence-electron chi connectivity index (χ0n) is 16.6. The molecule has 2 aliphatic rings. The second-order valence-corrected chi connectivity index (χ2v) is 7.69. The van der Waals surface area contributed by atoms with Crippen molar-refractivity contribution in [2.75, 3.05) is 32.8 Å². The van der Waals surface area contributed by atoms with E-state index < -0.39 is 5.60 Å². The summed E-state index contributed by atoms with van der Waals surface area (Å²) >= 11 is 0. The molecule has 3 rings (SSSR count). The molecule has 3 heterocycles. The fraction of sp³-hybridized carbons (Fsp3) is 0.632. The molecule has 0 bridgehead atoms. The lowest BCUT2D eigenvalue weighted by molar-refractivity contribution is 0.0137. The molecular weight excluding hydrogens is 346 g/mol. The molecule has 0 aromatic carbocycles. The van der Waals surface area contributed by atoms with Gasteiger partial charge in [-0.3, -0.25) is 4.99 Å². The number of ether oxygens (including phenoxy) is 2. The van der Waals surface area contributed by atoms with Crippen LogP contribution in [0.5, 0.6) is 5.88 Å². The number of amides is 1. The maximum atomic E-state index is 12.3. The Morgan fingerprint density at radius 1 is 1.37 bits per heavy atom. The number of carbonyl (C=O) groups is 1. The van der Waals surface area contributed by atoms with E-state index in [1.54, 1.807) is 11.1 Å². The van der Waals surface area contributed by atoms with Crippen LogP contribution in [0.3, 0.4) is 0 Å². The standard InChI is InChI=1S/C19H29N5O3/c1-5-26-16-14(7-6-8-20-16)11-21-17-22-12-15-13-23(9-10-24(15)17)18(25)27-19(2,3)4/h6-8,15H,5,9-13H2,1-4H3,(H,21,22). The highest BCUT2D eigenvalue weighted by atomic mass is 16.6. The van der Waals surface area contributed by atoms with Crippen molar-refractivity contribution >= 4 is 12.1 Å². The molecule has 1 amide bonds.